The van der Waals surface area contributed by atoms with E-state index in [1.54, 1.807) is 0 Å². The summed E-state index contributed by atoms with van der Waals surface area (Å²) >= 11 is 0. The quantitative estimate of drug-likeness (QED) is 0.473. The normalized spacial score (nSPS) is 10.6. The van der Waals surface area contributed by atoms with Crippen molar-refractivity contribution in [2.24, 2.45) is 0 Å². The lowest BCUT2D eigenvalue weighted by Crippen LogP contribution is -2.04. The number of hydrogen-bond acceptors (Lipinski definition) is 2. The van der Waals surface area contributed by atoms with E-state index in [4.69, 9.17) is 10.8 Å². The molecule has 0 atom stereocenters. The molecule has 3 aromatic rings. The Morgan fingerprint density at radius 1 is 0.889 bits per heavy atom. The summed E-state index contributed by atoms with van der Waals surface area (Å²) in [5.74, 6) is 0. The smallest absolute Gasteiger partial charge is 0.0429 e. The summed E-state index contributed by atoms with van der Waals surface area (Å²) in [4.78, 5) is 0. The van der Waals surface area contributed by atoms with E-state index >= 15 is 0 Å². The lowest BCUT2D eigenvalue weighted by molar-refractivity contribution is 0.922. The fourth-order valence-electron chi connectivity index (χ4n) is 3.31. The number of rotatable bonds is 7. The van der Waals surface area contributed by atoms with E-state index in [2.05, 4.69) is 50.2 Å². The van der Waals surface area contributed by atoms with Gasteiger partial charge in [-0.25, -0.2) is 0 Å². The monoisotopic (exact) mass is 354 g/mol. The average molecular weight is 354 g/mol. The van der Waals surface area contributed by atoms with Crippen molar-refractivity contribution in [2.45, 2.75) is 33.1 Å². The third-order valence-corrected chi connectivity index (χ3v) is 4.86. The second kappa shape index (κ2) is 8.59. The maximum absolute atomic E-state index is 8.39. The van der Waals surface area contributed by atoms with Gasteiger partial charge in [0.1, 0.15) is 0 Å². The molecule has 0 saturated heterocycles. The van der Waals surface area contributed by atoms with Crippen LogP contribution < -0.4 is 0 Å². The number of benzene rings is 3. The van der Waals surface area contributed by atoms with Crippen molar-refractivity contribution in [3.05, 3.63) is 94.5 Å². The van der Waals surface area contributed by atoms with Gasteiger partial charge in [0.05, 0.1) is 0 Å². The van der Waals surface area contributed by atoms with E-state index in [9.17, 15) is 0 Å². The second-order valence-corrected chi connectivity index (χ2v) is 7.03. The van der Waals surface area contributed by atoms with Gasteiger partial charge in [-0.3, -0.25) is 0 Å². The van der Waals surface area contributed by atoms with Crippen LogP contribution >= 0.6 is 0 Å². The van der Waals surface area contributed by atoms with Gasteiger partial charge in [0.25, 0.3) is 0 Å². The van der Waals surface area contributed by atoms with E-state index in [-0.39, 0.29) is 0 Å². The summed E-state index contributed by atoms with van der Waals surface area (Å²) in [6.45, 7) is 4.24. The molecule has 136 valence electrons. The molecule has 2 nitrogen and oxygen atoms in total. The zero-order valence-electron chi connectivity index (χ0n) is 16.0. The lowest BCUT2D eigenvalue weighted by Gasteiger charge is -2.11. The summed E-state index contributed by atoms with van der Waals surface area (Å²) in [6, 6.07) is 22.9. The van der Waals surface area contributed by atoms with E-state index in [1.807, 2.05) is 30.3 Å². The molecule has 2 heteroatoms. The predicted molar refractivity (Wildman–Crippen MR) is 115 cm³/mol. The lowest BCUT2D eigenvalue weighted by atomic mass is 9.94. The highest BCUT2D eigenvalue weighted by Crippen LogP contribution is 2.25. The van der Waals surface area contributed by atoms with Crippen LogP contribution in [0.25, 0.3) is 11.1 Å². The van der Waals surface area contributed by atoms with Crippen LogP contribution in [-0.2, 0) is 12.8 Å². The highest BCUT2D eigenvalue weighted by Gasteiger charge is 2.08. The molecular weight excluding hydrogens is 328 g/mol. The molecule has 0 amide bonds. The van der Waals surface area contributed by atoms with Gasteiger partial charge in [0, 0.05) is 23.9 Å². The first kappa shape index (κ1) is 18.8. The Morgan fingerprint density at radius 2 is 1.56 bits per heavy atom. The zero-order valence-corrected chi connectivity index (χ0v) is 16.0. The van der Waals surface area contributed by atoms with Crippen LogP contribution in [0.5, 0.6) is 0 Å². The molecule has 0 aliphatic carbocycles. The molecule has 3 rings (SSSR count). The van der Waals surface area contributed by atoms with Gasteiger partial charge in [0.15, 0.2) is 0 Å². The average Bonchev–Trinajstić information content (AvgIpc) is 2.69. The van der Waals surface area contributed by atoms with E-state index in [0.717, 1.165) is 40.7 Å². The first-order valence-corrected chi connectivity index (χ1v) is 9.48. The Kier molecular flexibility index (Phi) is 5.97. The second-order valence-electron chi connectivity index (χ2n) is 7.03. The maximum Gasteiger partial charge on any atom is 0.0429 e. The molecule has 0 radical (unpaired) electrons. The molecule has 0 heterocycles. The molecule has 3 aromatic carbocycles. The Bertz CT molecular complexity index is 935. The van der Waals surface area contributed by atoms with Gasteiger partial charge < -0.3 is 10.8 Å². The standard InChI is InChI=1S/C25H26N2/c1-3-4-19-7-12-21(13-8-19)24-14-9-20(15-23(24)17-26)16-25(27)22-10-5-18(2)6-11-22/h5-15,17,26-27H,3-4,16H2,1-2H3. The van der Waals surface area contributed by atoms with Gasteiger partial charge in [-0.05, 0) is 47.2 Å². The van der Waals surface area contributed by atoms with Crippen molar-refractivity contribution in [1.82, 2.24) is 0 Å². The molecule has 0 unspecified atom stereocenters. The maximum atomic E-state index is 8.39. The largest absolute Gasteiger partial charge is 0.308 e. The molecule has 0 aliphatic heterocycles. The van der Waals surface area contributed by atoms with Crippen LogP contribution in [0.3, 0.4) is 0 Å². The van der Waals surface area contributed by atoms with Crippen molar-refractivity contribution in [2.75, 3.05) is 0 Å². The van der Waals surface area contributed by atoms with Gasteiger partial charge in [-0.15, -0.1) is 0 Å². The van der Waals surface area contributed by atoms with Crippen LogP contribution in [0.15, 0.2) is 66.7 Å². The van der Waals surface area contributed by atoms with Crippen LogP contribution in [0.2, 0.25) is 0 Å². The van der Waals surface area contributed by atoms with Crippen LogP contribution in [-0.4, -0.2) is 11.9 Å². The molecule has 0 spiro atoms. The molecule has 0 saturated carbocycles. The summed E-state index contributed by atoms with van der Waals surface area (Å²) < 4.78 is 0. The number of hydrogen-bond donors (Lipinski definition) is 2. The minimum atomic E-state index is 0.569. The van der Waals surface area contributed by atoms with Gasteiger partial charge in [-0.1, -0.05) is 79.6 Å². The Morgan fingerprint density at radius 3 is 2.19 bits per heavy atom. The minimum Gasteiger partial charge on any atom is -0.308 e. The SMILES string of the molecule is CCCc1ccc(-c2ccc(CC(=N)c3ccc(C)cc3)cc2C=N)cc1. The van der Waals surface area contributed by atoms with E-state index in [0.29, 0.717) is 12.1 Å². The fraction of sp³-hybridized carbons (Fsp3) is 0.200. The highest BCUT2D eigenvalue weighted by molar-refractivity contribution is 6.00. The summed E-state index contributed by atoms with van der Waals surface area (Å²) in [6.07, 6.45) is 4.22. The van der Waals surface area contributed by atoms with Crippen molar-refractivity contribution < 1.29 is 0 Å². The van der Waals surface area contributed by atoms with Crippen molar-refractivity contribution in [3.8, 4) is 11.1 Å². The van der Waals surface area contributed by atoms with E-state index in [1.165, 1.54) is 17.3 Å². The number of nitrogens with one attached hydrogen (secondary N) is 2. The Hall–Kier alpha value is -3.00. The Labute approximate surface area is 161 Å². The molecule has 0 fully saturated rings. The molecule has 2 N–H and O–H groups in total. The summed E-state index contributed by atoms with van der Waals surface area (Å²) in [5, 5.41) is 16.2. The van der Waals surface area contributed by atoms with Crippen molar-refractivity contribution >= 4 is 11.9 Å². The summed E-state index contributed by atoms with van der Waals surface area (Å²) in [5.41, 5.74) is 8.26. The Balaban J connectivity index is 1.82. The third kappa shape index (κ3) is 4.59. The molecular formula is C25H26N2. The van der Waals surface area contributed by atoms with Crippen molar-refractivity contribution in [3.63, 3.8) is 0 Å². The predicted octanol–water partition coefficient (Wildman–Crippen LogP) is 6.22. The minimum absolute atomic E-state index is 0.569. The fourth-order valence-corrected chi connectivity index (χ4v) is 3.31. The highest BCUT2D eigenvalue weighted by atomic mass is 14.4. The van der Waals surface area contributed by atoms with Crippen LogP contribution in [0.1, 0.15) is 41.2 Å². The van der Waals surface area contributed by atoms with Gasteiger partial charge >= 0.3 is 0 Å². The van der Waals surface area contributed by atoms with Gasteiger partial charge in [-0.2, -0.15) is 0 Å². The molecule has 27 heavy (non-hydrogen) atoms. The van der Waals surface area contributed by atoms with Crippen LogP contribution in [0, 0.1) is 17.7 Å². The first-order valence-electron chi connectivity index (χ1n) is 9.48. The van der Waals surface area contributed by atoms with Crippen molar-refractivity contribution in [1.29, 1.82) is 10.8 Å². The van der Waals surface area contributed by atoms with E-state index < -0.39 is 0 Å². The number of aryl methyl sites for hydroxylation is 2. The van der Waals surface area contributed by atoms with Crippen LogP contribution in [0.4, 0.5) is 0 Å². The first-order chi connectivity index (χ1) is 13.1. The van der Waals surface area contributed by atoms with Gasteiger partial charge in [0.2, 0.25) is 0 Å². The molecule has 0 aromatic heterocycles. The third-order valence-electron chi connectivity index (χ3n) is 4.86. The zero-order chi connectivity index (χ0) is 19.2. The molecule has 0 bridgehead atoms. The summed E-state index contributed by atoms with van der Waals surface area (Å²) in [7, 11) is 0. The topological polar surface area (TPSA) is 47.7 Å². The molecule has 0 aliphatic rings.